The Hall–Kier alpha value is -0.540. The molecule has 16 heavy (non-hydrogen) atoms. The highest BCUT2D eigenvalue weighted by Gasteiger charge is 2.25. The van der Waals surface area contributed by atoms with Crippen LogP contribution in [0.15, 0.2) is 22.7 Å². The predicted molar refractivity (Wildman–Crippen MR) is 68.8 cm³/mol. The van der Waals surface area contributed by atoms with Crippen molar-refractivity contribution >= 4 is 33.4 Å². The third kappa shape index (κ3) is 2.77. The van der Waals surface area contributed by atoms with E-state index in [-0.39, 0.29) is 5.91 Å². The molecule has 2 rings (SSSR count). The van der Waals surface area contributed by atoms with E-state index in [4.69, 9.17) is 11.6 Å². The van der Waals surface area contributed by atoms with Crippen molar-refractivity contribution in [3.8, 4) is 0 Å². The Bertz CT molecular complexity index is 417. The third-order valence-electron chi connectivity index (χ3n) is 2.73. The third-order valence-corrected chi connectivity index (χ3v) is 3.56. The number of rotatable bonds is 3. The molecule has 1 aliphatic carbocycles. The summed E-state index contributed by atoms with van der Waals surface area (Å²) in [5.41, 5.74) is 0.569. The standard InChI is InChI=1S/C12H13BrClNO/c1-15(7-8-2-3-8)12(16)10-6-9(13)4-5-11(10)14/h4-6,8H,2-3,7H2,1H3. The van der Waals surface area contributed by atoms with Crippen LogP contribution in [0.25, 0.3) is 0 Å². The van der Waals surface area contributed by atoms with E-state index >= 15 is 0 Å². The van der Waals surface area contributed by atoms with Crippen molar-refractivity contribution in [2.75, 3.05) is 13.6 Å². The number of halogens is 2. The number of carbonyl (C=O) groups excluding carboxylic acids is 1. The minimum Gasteiger partial charge on any atom is -0.341 e. The SMILES string of the molecule is CN(CC1CC1)C(=O)c1cc(Br)ccc1Cl. The van der Waals surface area contributed by atoms with Crippen LogP contribution in [0.1, 0.15) is 23.2 Å². The predicted octanol–water partition coefficient (Wildman–Crippen LogP) is 3.58. The zero-order chi connectivity index (χ0) is 11.7. The number of benzene rings is 1. The molecule has 1 saturated carbocycles. The summed E-state index contributed by atoms with van der Waals surface area (Å²) in [5.74, 6) is 0.693. The van der Waals surface area contributed by atoms with Crippen molar-refractivity contribution in [2.45, 2.75) is 12.8 Å². The second-order valence-electron chi connectivity index (χ2n) is 4.25. The molecule has 1 aromatic carbocycles. The maximum atomic E-state index is 12.1. The van der Waals surface area contributed by atoms with E-state index in [2.05, 4.69) is 15.9 Å². The molecule has 0 saturated heterocycles. The van der Waals surface area contributed by atoms with Crippen LogP contribution in [-0.2, 0) is 0 Å². The first kappa shape index (κ1) is 11.9. The second-order valence-corrected chi connectivity index (χ2v) is 5.58. The molecule has 4 heteroatoms. The average Bonchev–Trinajstić information content (AvgIpc) is 3.04. The Kier molecular flexibility index (Phi) is 3.55. The van der Waals surface area contributed by atoms with Crippen LogP contribution in [0, 0.1) is 5.92 Å². The fourth-order valence-electron chi connectivity index (χ4n) is 1.64. The van der Waals surface area contributed by atoms with E-state index in [1.165, 1.54) is 12.8 Å². The van der Waals surface area contributed by atoms with Gasteiger partial charge in [-0.15, -0.1) is 0 Å². The van der Waals surface area contributed by atoms with Gasteiger partial charge in [-0.1, -0.05) is 27.5 Å². The van der Waals surface area contributed by atoms with E-state index < -0.39 is 0 Å². The first-order valence-corrected chi connectivity index (χ1v) is 6.45. The molecule has 0 unspecified atom stereocenters. The molecule has 0 atom stereocenters. The topological polar surface area (TPSA) is 20.3 Å². The summed E-state index contributed by atoms with van der Waals surface area (Å²) < 4.78 is 0.875. The Balaban J connectivity index is 2.14. The minimum atomic E-state index is -0.00167. The van der Waals surface area contributed by atoms with Crippen molar-refractivity contribution in [3.63, 3.8) is 0 Å². The highest BCUT2D eigenvalue weighted by atomic mass is 79.9. The lowest BCUT2D eigenvalue weighted by atomic mass is 10.2. The second kappa shape index (κ2) is 4.76. The van der Waals surface area contributed by atoms with Crippen LogP contribution in [0.5, 0.6) is 0 Å². The molecule has 1 amide bonds. The Morgan fingerprint density at radius 3 is 2.88 bits per heavy atom. The minimum absolute atomic E-state index is 0.00167. The van der Waals surface area contributed by atoms with Crippen molar-refractivity contribution < 1.29 is 4.79 Å². The van der Waals surface area contributed by atoms with Gasteiger partial charge in [-0.2, -0.15) is 0 Å². The molecule has 0 bridgehead atoms. The molecule has 0 spiro atoms. The highest BCUT2D eigenvalue weighted by molar-refractivity contribution is 9.10. The maximum Gasteiger partial charge on any atom is 0.255 e. The first-order chi connectivity index (χ1) is 7.58. The summed E-state index contributed by atoms with van der Waals surface area (Å²) in [6.07, 6.45) is 2.48. The lowest BCUT2D eigenvalue weighted by Crippen LogP contribution is -2.28. The maximum absolute atomic E-state index is 12.1. The van der Waals surface area contributed by atoms with Crippen LogP contribution in [0.4, 0.5) is 0 Å². The summed E-state index contributed by atoms with van der Waals surface area (Å²) in [5, 5.41) is 0.510. The van der Waals surface area contributed by atoms with Gasteiger partial charge in [0, 0.05) is 18.1 Å². The smallest absolute Gasteiger partial charge is 0.255 e. The highest BCUT2D eigenvalue weighted by Crippen LogP contribution is 2.30. The Labute approximate surface area is 109 Å². The molecule has 1 aliphatic rings. The lowest BCUT2D eigenvalue weighted by molar-refractivity contribution is 0.0789. The number of nitrogens with zero attached hydrogens (tertiary/aromatic N) is 1. The molecular weight excluding hydrogens is 289 g/mol. The first-order valence-electron chi connectivity index (χ1n) is 5.28. The fraction of sp³-hybridized carbons (Fsp3) is 0.417. The Morgan fingerprint density at radius 2 is 2.25 bits per heavy atom. The molecule has 0 heterocycles. The summed E-state index contributed by atoms with van der Waals surface area (Å²) in [6.45, 7) is 0.835. The summed E-state index contributed by atoms with van der Waals surface area (Å²) >= 11 is 9.37. The lowest BCUT2D eigenvalue weighted by Gasteiger charge is -2.17. The monoisotopic (exact) mass is 301 g/mol. The van der Waals surface area contributed by atoms with Gasteiger partial charge in [0.05, 0.1) is 10.6 Å². The number of hydrogen-bond donors (Lipinski definition) is 0. The zero-order valence-corrected chi connectivity index (χ0v) is 11.4. The van der Waals surface area contributed by atoms with Gasteiger partial charge < -0.3 is 4.90 Å². The molecule has 2 nitrogen and oxygen atoms in total. The normalized spacial score (nSPS) is 14.9. The van der Waals surface area contributed by atoms with Crippen molar-refractivity contribution in [2.24, 2.45) is 5.92 Å². The van der Waals surface area contributed by atoms with E-state index in [0.29, 0.717) is 16.5 Å². The molecule has 0 aromatic heterocycles. The molecule has 1 fully saturated rings. The van der Waals surface area contributed by atoms with Crippen molar-refractivity contribution in [1.82, 2.24) is 4.90 Å². The van der Waals surface area contributed by atoms with Crippen molar-refractivity contribution in [3.05, 3.63) is 33.3 Å². The molecule has 86 valence electrons. The van der Waals surface area contributed by atoms with Crippen LogP contribution >= 0.6 is 27.5 Å². The van der Waals surface area contributed by atoms with E-state index in [0.717, 1.165) is 11.0 Å². The van der Waals surface area contributed by atoms with Crippen LogP contribution in [0.3, 0.4) is 0 Å². The molecule has 0 aliphatic heterocycles. The van der Waals surface area contributed by atoms with Gasteiger partial charge >= 0.3 is 0 Å². The van der Waals surface area contributed by atoms with Crippen LogP contribution in [0.2, 0.25) is 5.02 Å². The van der Waals surface area contributed by atoms with E-state index in [9.17, 15) is 4.79 Å². The molecule has 0 radical (unpaired) electrons. The zero-order valence-electron chi connectivity index (χ0n) is 9.04. The van der Waals surface area contributed by atoms with Gasteiger partial charge in [-0.05, 0) is 37.0 Å². The van der Waals surface area contributed by atoms with Crippen LogP contribution in [-0.4, -0.2) is 24.4 Å². The van der Waals surface area contributed by atoms with E-state index in [1.54, 1.807) is 17.0 Å². The van der Waals surface area contributed by atoms with Crippen molar-refractivity contribution in [1.29, 1.82) is 0 Å². The average molecular weight is 303 g/mol. The Morgan fingerprint density at radius 1 is 1.56 bits per heavy atom. The number of hydrogen-bond acceptors (Lipinski definition) is 1. The van der Waals surface area contributed by atoms with Gasteiger partial charge in [-0.3, -0.25) is 4.79 Å². The van der Waals surface area contributed by atoms with Gasteiger partial charge in [0.2, 0.25) is 0 Å². The molecule has 0 N–H and O–H groups in total. The van der Waals surface area contributed by atoms with E-state index in [1.807, 2.05) is 13.1 Å². The summed E-state index contributed by atoms with van der Waals surface area (Å²) in [4.78, 5) is 13.9. The van der Waals surface area contributed by atoms with Gasteiger partial charge in [-0.25, -0.2) is 0 Å². The molecule has 1 aromatic rings. The van der Waals surface area contributed by atoms with Gasteiger partial charge in [0.15, 0.2) is 0 Å². The summed E-state index contributed by atoms with van der Waals surface area (Å²) in [6, 6.07) is 5.35. The fourth-order valence-corrected chi connectivity index (χ4v) is 2.20. The largest absolute Gasteiger partial charge is 0.341 e. The van der Waals surface area contributed by atoms with Gasteiger partial charge in [0.25, 0.3) is 5.91 Å². The van der Waals surface area contributed by atoms with Gasteiger partial charge in [0.1, 0.15) is 0 Å². The number of amides is 1. The number of carbonyl (C=O) groups is 1. The molecular formula is C12H13BrClNO. The summed E-state index contributed by atoms with van der Waals surface area (Å²) in [7, 11) is 1.83. The van der Waals surface area contributed by atoms with Crippen LogP contribution < -0.4 is 0 Å². The quantitative estimate of drug-likeness (QED) is 0.835.